The predicted molar refractivity (Wildman–Crippen MR) is 88.4 cm³/mol. The topological polar surface area (TPSA) is 79.3 Å². The average molecular weight is 312 g/mol. The molecule has 2 rings (SSSR count). The van der Waals surface area contributed by atoms with Crippen molar-refractivity contribution in [3.8, 4) is 11.3 Å². The van der Waals surface area contributed by atoms with Crippen LogP contribution in [-0.4, -0.2) is 22.5 Å². The summed E-state index contributed by atoms with van der Waals surface area (Å²) in [5.41, 5.74) is 2.73. The van der Waals surface area contributed by atoms with Gasteiger partial charge in [0.25, 0.3) is 0 Å². The van der Waals surface area contributed by atoms with Crippen LogP contribution < -0.4 is 5.32 Å². The fourth-order valence-corrected chi connectivity index (χ4v) is 2.45. The molecule has 0 radical (unpaired) electrons. The van der Waals surface area contributed by atoms with Crippen molar-refractivity contribution in [2.45, 2.75) is 26.8 Å². The summed E-state index contributed by atoms with van der Waals surface area (Å²) in [4.78, 5) is 26.1. The predicted octanol–water partition coefficient (Wildman–Crippen LogP) is 3.92. The minimum atomic E-state index is -1.05. The van der Waals surface area contributed by atoms with E-state index in [9.17, 15) is 9.59 Å². The van der Waals surface area contributed by atoms with Gasteiger partial charge >= 0.3 is 6.09 Å². The number of amides is 1. The van der Waals surface area contributed by atoms with Crippen molar-refractivity contribution in [1.82, 2.24) is 10.3 Å². The maximum Gasteiger partial charge on any atom is 0.405 e. The van der Waals surface area contributed by atoms with Gasteiger partial charge in [0.05, 0.1) is 11.7 Å². The van der Waals surface area contributed by atoms with Crippen LogP contribution >= 0.6 is 0 Å². The Balaban J connectivity index is 2.40. The average Bonchev–Trinajstić information content (AvgIpc) is 2.51. The normalized spacial score (nSPS) is 12.5. The second kappa shape index (κ2) is 6.60. The number of pyridine rings is 1. The quantitative estimate of drug-likeness (QED) is 0.839. The molecule has 120 valence electrons. The molecule has 0 aliphatic rings. The van der Waals surface area contributed by atoms with Gasteiger partial charge in [0, 0.05) is 17.3 Å². The van der Waals surface area contributed by atoms with Crippen molar-refractivity contribution < 1.29 is 14.7 Å². The third-order valence-corrected chi connectivity index (χ3v) is 3.57. The van der Waals surface area contributed by atoms with Crippen LogP contribution in [0.3, 0.4) is 0 Å². The zero-order valence-corrected chi connectivity index (χ0v) is 13.4. The molecule has 0 saturated carbocycles. The Morgan fingerprint density at radius 1 is 1.26 bits per heavy atom. The Morgan fingerprint density at radius 2 is 2.00 bits per heavy atom. The molecule has 0 bridgehead atoms. The number of hydrogen-bond donors (Lipinski definition) is 2. The van der Waals surface area contributed by atoms with Gasteiger partial charge in [0.1, 0.15) is 0 Å². The maximum atomic E-state index is 11.1. The molecule has 1 heterocycles. The summed E-state index contributed by atoms with van der Waals surface area (Å²) in [7, 11) is 0. The molecule has 0 aliphatic heterocycles. The highest BCUT2D eigenvalue weighted by Crippen LogP contribution is 2.34. The zero-order chi connectivity index (χ0) is 17.0. The summed E-state index contributed by atoms with van der Waals surface area (Å²) in [5.74, 6) is 0. The van der Waals surface area contributed by atoms with Crippen molar-refractivity contribution in [3.05, 3.63) is 53.7 Å². The van der Waals surface area contributed by atoms with E-state index >= 15 is 0 Å². The van der Waals surface area contributed by atoms with E-state index in [0.717, 1.165) is 23.1 Å². The molecule has 0 aliphatic carbocycles. The summed E-state index contributed by atoms with van der Waals surface area (Å²) in [6, 6.07) is 10.8. The molecule has 5 nitrogen and oxygen atoms in total. The molecule has 1 atom stereocenters. The number of nitrogens with zero attached hydrogens (tertiary/aromatic N) is 1. The number of nitrogens with one attached hydrogen (secondary N) is 1. The van der Waals surface area contributed by atoms with Crippen LogP contribution in [0.1, 0.15) is 42.7 Å². The summed E-state index contributed by atoms with van der Waals surface area (Å²) in [5, 5.41) is 11.7. The number of carbonyl (C=O) groups is 2. The van der Waals surface area contributed by atoms with Crippen LogP contribution in [0.15, 0.2) is 42.6 Å². The fraction of sp³-hybridized carbons (Fsp3) is 0.278. The van der Waals surface area contributed by atoms with E-state index < -0.39 is 6.09 Å². The van der Waals surface area contributed by atoms with Crippen molar-refractivity contribution in [1.29, 1.82) is 0 Å². The molecule has 1 aromatic carbocycles. The highest BCUT2D eigenvalue weighted by molar-refractivity contribution is 5.75. The third-order valence-electron chi connectivity index (χ3n) is 3.57. The number of rotatable bonds is 4. The fourth-order valence-electron chi connectivity index (χ4n) is 2.45. The van der Waals surface area contributed by atoms with Gasteiger partial charge in [-0.2, -0.15) is 0 Å². The number of carboxylic acid groups (broad SMARTS) is 1. The maximum absolute atomic E-state index is 11.1. The number of carbonyl (C=O) groups excluding carboxylic acids is 1. The lowest BCUT2D eigenvalue weighted by Gasteiger charge is -2.31. The van der Waals surface area contributed by atoms with E-state index in [4.69, 9.17) is 5.11 Å². The van der Waals surface area contributed by atoms with Crippen molar-refractivity contribution >= 4 is 12.4 Å². The van der Waals surface area contributed by atoms with E-state index in [0.29, 0.717) is 5.56 Å². The van der Waals surface area contributed by atoms with Crippen LogP contribution in [0.25, 0.3) is 11.3 Å². The Labute approximate surface area is 135 Å². The Hall–Kier alpha value is -2.69. The molecule has 0 saturated heterocycles. The highest BCUT2D eigenvalue weighted by Gasteiger charge is 2.28. The lowest BCUT2D eigenvalue weighted by atomic mass is 9.82. The summed E-state index contributed by atoms with van der Waals surface area (Å²) in [6.07, 6.45) is 1.22. The first-order chi connectivity index (χ1) is 10.8. The summed E-state index contributed by atoms with van der Waals surface area (Å²) in [6.45, 7) is 5.95. The molecule has 2 N–H and O–H groups in total. The molecule has 23 heavy (non-hydrogen) atoms. The number of hydrogen-bond acceptors (Lipinski definition) is 3. The smallest absolute Gasteiger partial charge is 0.405 e. The molecular weight excluding hydrogens is 292 g/mol. The van der Waals surface area contributed by atoms with Gasteiger partial charge in [0.15, 0.2) is 6.29 Å². The number of aromatic nitrogens is 1. The van der Waals surface area contributed by atoms with Crippen LogP contribution in [0.5, 0.6) is 0 Å². The molecule has 5 heteroatoms. The Morgan fingerprint density at radius 3 is 2.52 bits per heavy atom. The van der Waals surface area contributed by atoms with Gasteiger partial charge in [-0.3, -0.25) is 9.78 Å². The Bertz CT molecular complexity index is 703. The van der Waals surface area contributed by atoms with Gasteiger partial charge in [-0.15, -0.1) is 0 Å². The third kappa shape index (κ3) is 4.16. The van der Waals surface area contributed by atoms with Gasteiger partial charge in [0.2, 0.25) is 0 Å². The minimum absolute atomic E-state index is 0.272. The zero-order valence-electron chi connectivity index (χ0n) is 13.4. The lowest BCUT2D eigenvalue weighted by molar-refractivity contribution is 0.112. The van der Waals surface area contributed by atoms with Crippen LogP contribution in [0.2, 0.25) is 0 Å². The molecule has 0 fully saturated rings. The highest BCUT2D eigenvalue weighted by atomic mass is 16.4. The van der Waals surface area contributed by atoms with Crippen LogP contribution in [0, 0.1) is 5.41 Å². The second-order valence-electron chi connectivity index (χ2n) is 6.47. The van der Waals surface area contributed by atoms with E-state index in [1.165, 1.54) is 6.20 Å². The van der Waals surface area contributed by atoms with Crippen molar-refractivity contribution in [2.75, 3.05) is 0 Å². The largest absolute Gasteiger partial charge is 0.465 e. The van der Waals surface area contributed by atoms with Crippen molar-refractivity contribution in [2.24, 2.45) is 5.41 Å². The molecule has 1 unspecified atom stereocenters. The minimum Gasteiger partial charge on any atom is -0.465 e. The van der Waals surface area contributed by atoms with E-state index in [1.54, 1.807) is 12.1 Å². The first-order valence-corrected chi connectivity index (χ1v) is 7.32. The monoisotopic (exact) mass is 312 g/mol. The molecular formula is C18H20N2O3. The standard InChI is InChI=1S/C18H20N2O3/c1-18(2,3)16(20-17(22)23)14-6-4-5-13(9-14)15-8-7-12(11-21)10-19-15/h4-11,16,20H,1-3H3,(H,22,23). The molecule has 0 spiro atoms. The number of aldehydes is 1. The summed E-state index contributed by atoms with van der Waals surface area (Å²) >= 11 is 0. The van der Waals surface area contributed by atoms with Gasteiger partial charge in [-0.05, 0) is 29.2 Å². The lowest BCUT2D eigenvalue weighted by Crippen LogP contribution is -2.35. The van der Waals surface area contributed by atoms with Gasteiger partial charge in [-0.25, -0.2) is 4.79 Å². The first kappa shape index (κ1) is 16.7. The van der Waals surface area contributed by atoms with Gasteiger partial charge < -0.3 is 10.4 Å². The van der Waals surface area contributed by atoms with Crippen LogP contribution in [-0.2, 0) is 0 Å². The van der Waals surface area contributed by atoms with E-state index in [1.807, 2.05) is 45.0 Å². The van der Waals surface area contributed by atoms with Gasteiger partial charge in [-0.1, -0.05) is 39.0 Å². The van der Waals surface area contributed by atoms with E-state index in [2.05, 4.69) is 10.3 Å². The van der Waals surface area contributed by atoms with Crippen LogP contribution in [0.4, 0.5) is 4.79 Å². The molecule has 2 aromatic rings. The van der Waals surface area contributed by atoms with Crippen molar-refractivity contribution in [3.63, 3.8) is 0 Å². The second-order valence-corrected chi connectivity index (χ2v) is 6.47. The molecule has 1 amide bonds. The summed E-state index contributed by atoms with van der Waals surface area (Å²) < 4.78 is 0. The van der Waals surface area contributed by atoms with E-state index in [-0.39, 0.29) is 11.5 Å². The SMILES string of the molecule is CC(C)(C)C(NC(=O)O)c1cccc(-c2ccc(C=O)cn2)c1. The Kier molecular flexibility index (Phi) is 4.79. The first-order valence-electron chi connectivity index (χ1n) is 7.32. The number of benzene rings is 1. The molecule has 1 aromatic heterocycles.